The van der Waals surface area contributed by atoms with Crippen molar-refractivity contribution in [1.29, 1.82) is 0 Å². The molecule has 1 saturated heterocycles. The summed E-state index contributed by atoms with van der Waals surface area (Å²) in [4.78, 5) is 65.3. The average molecular weight is 645 g/mol. The number of rotatable bonds is 15. The van der Waals surface area contributed by atoms with Gasteiger partial charge in [-0.3, -0.25) is 14.4 Å². The van der Waals surface area contributed by atoms with Gasteiger partial charge in [0.25, 0.3) is 0 Å². The molecule has 3 aromatic rings. The molecule has 250 valence electrons. The third-order valence-electron chi connectivity index (χ3n) is 8.20. The van der Waals surface area contributed by atoms with Crippen molar-refractivity contribution in [2.24, 2.45) is 11.8 Å². The smallest absolute Gasteiger partial charge is 0.407 e. The summed E-state index contributed by atoms with van der Waals surface area (Å²) in [6, 6.07) is 19.9. The maximum Gasteiger partial charge on any atom is 0.407 e. The number of carbonyl (C=O) groups is 5. The predicted octanol–water partition coefficient (Wildman–Crippen LogP) is 3.43. The van der Waals surface area contributed by atoms with Gasteiger partial charge in [0.05, 0.1) is 13.7 Å². The quantitative estimate of drug-likeness (QED) is 0.185. The molecule has 4 atom stereocenters. The van der Waals surface area contributed by atoms with Crippen molar-refractivity contribution in [3.63, 3.8) is 0 Å². The van der Waals surface area contributed by atoms with E-state index in [9.17, 15) is 24.0 Å². The molecule has 0 aromatic heterocycles. The number of benzene rings is 3. The highest BCUT2D eigenvalue weighted by molar-refractivity contribution is 5.94. The third kappa shape index (κ3) is 10.3. The predicted molar refractivity (Wildman–Crippen MR) is 177 cm³/mol. The van der Waals surface area contributed by atoms with Crippen LogP contribution in [0.4, 0.5) is 4.79 Å². The molecule has 0 unspecified atom stereocenters. The van der Waals surface area contributed by atoms with Crippen LogP contribution >= 0.6 is 0 Å². The molecule has 1 fully saturated rings. The van der Waals surface area contributed by atoms with E-state index >= 15 is 0 Å². The van der Waals surface area contributed by atoms with Gasteiger partial charge in [-0.15, -0.1) is 0 Å². The Balaban J connectivity index is 1.51. The number of alkyl carbamates (subject to hydrolysis) is 1. The fourth-order valence-electron chi connectivity index (χ4n) is 5.75. The lowest BCUT2D eigenvalue weighted by Gasteiger charge is -2.26. The molecule has 0 saturated carbocycles. The zero-order valence-corrected chi connectivity index (χ0v) is 27.1. The van der Waals surface area contributed by atoms with E-state index in [4.69, 9.17) is 9.47 Å². The summed E-state index contributed by atoms with van der Waals surface area (Å²) < 4.78 is 10.3. The van der Waals surface area contributed by atoms with E-state index < -0.39 is 47.9 Å². The van der Waals surface area contributed by atoms with Gasteiger partial charge in [-0.1, -0.05) is 86.6 Å². The minimum absolute atomic E-state index is 0.00401. The Morgan fingerprint density at radius 2 is 1.53 bits per heavy atom. The number of esters is 1. The van der Waals surface area contributed by atoms with E-state index in [1.807, 2.05) is 86.6 Å². The molecule has 4 N–H and O–H groups in total. The SMILES string of the molecule is COC(=O)[C@H](C[C@@H]1CCNC1=O)NC(=O)[C@H](CC(C)C)NC(=O)[C@H](Cc1cccc2ccccc12)NC(=O)OCCc1ccccc1. The van der Waals surface area contributed by atoms with Gasteiger partial charge in [0, 0.05) is 25.3 Å². The van der Waals surface area contributed by atoms with Crippen LogP contribution in [0.15, 0.2) is 72.8 Å². The van der Waals surface area contributed by atoms with E-state index in [0.717, 1.165) is 21.9 Å². The highest BCUT2D eigenvalue weighted by Gasteiger charge is 2.34. The first-order valence-electron chi connectivity index (χ1n) is 16.0. The van der Waals surface area contributed by atoms with Crippen LogP contribution in [0, 0.1) is 11.8 Å². The van der Waals surface area contributed by atoms with Gasteiger partial charge in [0.15, 0.2) is 0 Å². The molecule has 11 heteroatoms. The maximum atomic E-state index is 13.9. The second-order valence-corrected chi connectivity index (χ2v) is 12.2. The summed E-state index contributed by atoms with van der Waals surface area (Å²) in [5.74, 6) is -2.48. The molecule has 0 bridgehead atoms. The van der Waals surface area contributed by atoms with Crippen molar-refractivity contribution in [2.45, 2.75) is 64.1 Å². The number of hydrogen-bond acceptors (Lipinski definition) is 7. The zero-order valence-electron chi connectivity index (χ0n) is 27.1. The van der Waals surface area contributed by atoms with E-state index in [1.54, 1.807) is 0 Å². The van der Waals surface area contributed by atoms with Crippen molar-refractivity contribution >= 4 is 40.6 Å². The molecule has 4 amide bonds. The second kappa shape index (κ2) is 17.1. The van der Waals surface area contributed by atoms with Crippen LogP contribution < -0.4 is 21.3 Å². The Morgan fingerprint density at radius 1 is 0.851 bits per heavy atom. The Hall–Kier alpha value is -4.93. The third-order valence-corrected chi connectivity index (χ3v) is 8.20. The minimum atomic E-state index is -1.08. The van der Waals surface area contributed by atoms with Gasteiger partial charge in [-0.2, -0.15) is 0 Å². The first kappa shape index (κ1) is 34.9. The number of fused-ring (bicyclic) bond motifs is 1. The average Bonchev–Trinajstić information content (AvgIpc) is 3.47. The van der Waals surface area contributed by atoms with Crippen LogP contribution in [-0.4, -0.2) is 68.2 Å². The lowest BCUT2D eigenvalue weighted by atomic mass is 9.96. The lowest BCUT2D eigenvalue weighted by molar-refractivity contribution is -0.146. The largest absolute Gasteiger partial charge is 0.467 e. The Morgan fingerprint density at radius 3 is 2.23 bits per heavy atom. The fourth-order valence-corrected chi connectivity index (χ4v) is 5.75. The fraction of sp³-hybridized carbons (Fsp3) is 0.417. The molecule has 0 spiro atoms. The monoisotopic (exact) mass is 644 g/mol. The molecule has 11 nitrogen and oxygen atoms in total. The van der Waals surface area contributed by atoms with Crippen LogP contribution in [0.2, 0.25) is 0 Å². The minimum Gasteiger partial charge on any atom is -0.467 e. The van der Waals surface area contributed by atoms with Crippen molar-refractivity contribution in [3.8, 4) is 0 Å². The highest BCUT2D eigenvalue weighted by atomic mass is 16.5. The lowest BCUT2D eigenvalue weighted by Crippen LogP contribution is -2.57. The van der Waals surface area contributed by atoms with Crippen molar-refractivity contribution in [3.05, 3.63) is 83.9 Å². The molecule has 1 heterocycles. The van der Waals surface area contributed by atoms with Crippen molar-refractivity contribution in [1.82, 2.24) is 21.3 Å². The summed E-state index contributed by atoms with van der Waals surface area (Å²) in [6.45, 7) is 4.42. The van der Waals surface area contributed by atoms with Crippen LogP contribution in [0.25, 0.3) is 10.8 Å². The molecule has 47 heavy (non-hydrogen) atoms. The summed E-state index contributed by atoms with van der Waals surface area (Å²) in [5, 5.41) is 12.9. The Kier molecular flexibility index (Phi) is 12.7. The van der Waals surface area contributed by atoms with Crippen LogP contribution in [-0.2, 0) is 41.5 Å². The highest BCUT2D eigenvalue weighted by Crippen LogP contribution is 2.21. The number of carbonyl (C=O) groups excluding carboxylic acids is 5. The van der Waals surface area contributed by atoms with E-state index in [-0.39, 0.29) is 37.7 Å². The van der Waals surface area contributed by atoms with E-state index in [2.05, 4.69) is 21.3 Å². The second-order valence-electron chi connectivity index (χ2n) is 12.2. The Labute approximate surface area is 275 Å². The molecule has 3 aromatic carbocycles. The van der Waals surface area contributed by atoms with Gasteiger partial charge >= 0.3 is 12.1 Å². The number of methoxy groups -OCH3 is 1. The molecule has 1 aliphatic rings. The van der Waals surface area contributed by atoms with Gasteiger partial charge in [-0.05, 0) is 47.1 Å². The number of ether oxygens (including phenoxy) is 2. The van der Waals surface area contributed by atoms with Gasteiger partial charge in [0.1, 0.15) is 18.1 Å². The summed E-state index contributed by atoms with van der Waals surface area (Å²) in [7, 11) is 1.21. The molecule has 4 rings (SSSR count). The van der Waals surface area contributed by atoms with Crippen LogP contribution in [0.3, 0.4) is 0 Å². The topological polar surface area (TPSA) is 152 Å². The molecule has 0 aliphatic carbocycles. The van der Waals surface area contributed by atoms with Crippen molar-refractivity contribution < 1.29 is 33.4 Å². The molecule has 1 aliphatic heterocycles. The normalized spacial score (nSPS) is 16.1. The number of nitrogens with one attached hydrogen (secondary N) is 4. The van der Waals surface area contributed by atoms with Gasteiger partial charge in [-0.25, -0.2) is 9.59 Å². The van der Waals surface area contributed by atoms with Crippen LogP contribution in [0.1, 0.15) is 44.2 Å². The standard InChI is InChI=1S/C36H44N4O7/c1-23(2)20-29(33(42)39-31(35(44)46-3)22-27-16-18-37-32(27)41)38-34(43)30(21-26-14-9-13-25-12-7-8-15-28(25)26)40-36(45)47-19-17-24-10-5-4-6-11-24/h4-15,23,27,29-31H,16-22H2,1-3H3,(H,37,41)(H,38,43)(H,39,42)(H,40,45)/t27-,29-,30-,31-/m0/s1. The first-order valence-corrected chi connectivity index (χ1v) is 16.0. The van der Waals surface area contributed by atoms with Gasteiger partial charge < -0.3 is 30.7 Å². The maximum absolute atomic E-state index is 13.9. The van der Waals surface area contributed by atoms with E-state index in [0.29, 0.717) is 19.4 Å². The van der Waals surface area contributed by atoms with E-state index in [1.165, 1.54) is 7.11 Å². The summed E-state index contributed by atoms with van der Waals surface area (Å²) in [6.07, 6.45) is 0.766. The first-order chi connectivity index (χ1) is 22.6. The number of amides is 4. The van der Waals surface area contributed by atoms with Crippen LogP contribution in [0.5, 0.6) is 0 Å². The summed E-state index contributed by atoms with van der Waals surface area (Å²) >= 11 is 0. The molecule has 0 radical (unpaired) electrons. The Bertz CT molecular complexity index is 1540. The number of hydrogen-bond donors (Lipinski definition) is 4. The van der Waals surface area contributed by atoms with Crippen molar-refractivity contribution in [2.75, 3.05) is 20.3 Å². The summed E-state index contributed by atoms with van der Waals surface area (Å²) in [5.41, 5.74) is 1.84. The zero-order chi connectivity index (χ0) is 33.8. The molecular formula is C36H44N4O7. The molecular weight excluding hydrogens is 600 g/mol. The van der Waals surface area contributed by atoms with Gasteiger partial charge in [0.2, 0.25) is 17.7 Å².